The number of carbonyl (C=O) groups excluding carboxylic acids is 1. The van der Waals surface area contributed by atoms with Gasteiger partial charge in [-0.25, -0.2) is 4.79 Å². The second-order valence-electron chi connectivity index (χ2n) is 5.39. The summed E-state index contributed by atoms with van der Waals surface area (Å²) in [5, 5.41) is 10.8. The minimum Gasteiger partial charge on any atom is -0.423 e. The second-order valence-corrected chi connectivity index (χ2v) is 5.39. The average molecular weight is 282 g/mol. The summed E-state index contributed by atoms with van der Waals surface area (Å²) >= 11 is 0. The van der Waals surface area contributed by atoms with Crippen molar-refractivity contribution in [3.63, 3.8) is 0 Å². The van der Waals surface area contributed by atoms with E-state index in [4.69, 9.17) is 9.15 Å². The van der Waals surface area contributed by atoms with E-state index in [0.29, 0.717) is 44.0 Å². The normalized spacial score (nSPS) is 17.3. The average Bonchev–Trinajstić information content (AvgIpc) is 2.85. The molecule has 1 unspecified atom stereocenters. The number of aryl methyl sites for hydroxylation is 1. The van der Waals surface area contributed by atoms with E-state index in [9.17, 15) is 4.79 Å². The summed E-state index contributed by atoms with van der Waals surface area (Å²) in [7, 11) is 0. The SMILES string of the molecule is Cc1nnc(C(CC(C)C)NC(=O)N2CCOCC2)o1. The standard InChI is InChI=1S/C13H22N4O3/c1-9(2)8-11(12-16-15-10(3)20-12)14-13(18)17-4-6-19-7-5-17/h9,11H,4-8H2,1-3H3,(H,14,18). The molecule has 112 valence electrons. The molecule has 1 atom stereocenters. The number of nitrogens with zero attached hydrogens (tertiary/aromatic N) is 3. The molecule has 2 rings (SSSR count). The molecule has 1 aromatic rings. The Morgan fingerprint density at radius 3 is 2.60 bits per heavy atom. The van der Waals surface area contributed by atoms with Crippen LogP contribution in [0.2, 0.25) is 0 Å². The summed E-state index contributed by atoms with van der Waals surface area (Å²) in [4.78, 5) is 14.0. The number of ether oxygens (including phenoxy) is 1. The predicted octanol–water partition coefficient (Wildman–Crippen LogP) is 1.51. The summed E-state index contributed by atoms with van der Waals surface area (Å²) in [5.74, 6) is 1.39. The van der Waals surface area contributed by atoms with Crippen LogP contribution >= 0.6 is 0 Å². The van der Waals surface area contributed by atoms with Gasteiger partial charge in [-0.3, -0.25) is 0 Å². The lowest BCUT2D eigenvalue weighted by Gasteiger charge is -2.28. The van der Waals surface area contributed by atoms with E-state index in [0.717, 1.165) is 6.42 Å². The van der Waals surface area contributed by atoms with Crippen molar-refractivity contribution < 1.29 is 13.9 Å². The first-order valence-corrected chi connectivity index (χ1v) is 6.99. The summed E-state index contributed by atoms with van der Waals surface area (Å²) in [6.07, 6.45) is 0.762. The number of amides is 2. The van der Waals surface area contributed by atoms with Gasteiger partial charge >= 0.3 is 6.03 Å². The minimum absolute atomic E-state index is 0.102. The van der Waals surface area contributed by atoms with Gasteiger partial charge in [0.2, 0.25) is 11.8 Å². The zero-order valence-electron chi connectivity index (χ0n) is 12.3. The van der Waals surface area contributed by atoms with E-state index in [2.05, 4.69) is 29.4 Å². The van der Waals surface area contributed by atoms with Crippen LogP contribution in [0.15, 0.2) is 4.42 Å². The van der Waals surface area contributed by atoms with Gasteiger partial charge in [0.25, 0.3) is 0 Å². The van der Waals surface area contributed by atoms with Gasteiger partial charge in [0.05, 0.1) is 13.2 Å². The molecule has 0 saturated carbocycles. The van der Waals surface area contributed by atoms with Crippen molar-refractivity contribution in [2.75, 3.05) is 26.3 Å². The Hall–Kier alpha value is -1.63. The molecule has 2 heterocycles. The van der Waals surface area contributed by atoms with Crippen LogP contribution in [-0.2, 0) is 4.74 Å². The van der Waals surface area contributed by atoms with Crippen molar-refractivity contribution >= 4 is 6.03 Å². The first-order valence-electron chi connectivity index (χ1n) is 6.99. The first kappa shape index (κ1) is 14.8. The van der Waals surface area contributed by atoms with Gasteiger partial charge < -0.3 is 19.4 Å². The van der Waals surface area contributed by atoms with Crippen LogP contribution in [0.5, 0.6) is 0 Å². The molecule has 2 amide bonds. The van der Waals surface area contributed by atoms with Gasteiger partial charge in [0, 0.05) is 20.0 Å². The molecular weight excluding hydrogens is 260 g/mol. The molecule has 0 spiro atoms. The molecule has 1 aromatic heterocycles. The van der Waals surface area contributed by atoms with Gasteiger partial charge in [0.15, 0.2) is 0 Å². The van der Waals surface area contributed by atoms with Crippen LogP contribution in [0, 0.1) is 12.8 Å². The van der Waals surface area contributed by atoms with E-state index >= 15 is 0 Å². The Morgan fingerprint density at radius 2 is 2.05 bits per heavy atom. The van der Waals surface area contributed by atoms with Gasteiger partial charge in [0.1, 0.15) is 6.04 Å². The maximum Gasteiger partial charge on any atom is 0.318 e. The van der Waals surface area contributed by atoms with E-state index in [-0.39, 0.29) is 12.1 Å². The summed E-state index contributed by atoms with van der Waals surface area (Å²) in [6, 6.07) is -0.346. The topological polar surface area (TPSA) is 80.5 Å². The van der Waals surface area contributed by atoms with Crippen molar-refractivity contribution in [2.45, 2.75) is 33.2 Å². The van der Waals surface area contributed by atoms with Crippen molar-refractivity contribution in [1.82, 2.24) is 20.4 Å². The third-order valence-electron chi connectivity index (χ3n) is 3.14. The molecule has 7 heteroatoms. The molecule has 1 N–H and O–H groups in total. The highest BCUT2D eigenvalue weighted by Gasteiger charge is 2.25. The van der Waals surface area contributed by atoms with E-state index in [1.807, 2.05) is 0 Å². The van der Waals surface area contributed by atoms with Gasteiger partial charge in [-0.2, -0.15) is 0 Å². The Bertz CT molecular complexity index is 441. The molecule has 20 heavy (non-hydrogen) atoms. The van der Waals surface area contributed by atoms with Crippen molar-refractivity contribution in [3.05, 3.63) is 11.8 Å². The molecule has 0 aliphatic carbocycles. The fourth-order valence-corrected chi connectivity index (χ4v) is 2.15. The lowest BCUT2D eigenvalue weighted by molar-refractivity contribution is 0.0520. The number of urea groups is 1. The highest BCUT2D eigenvalue weighted by atomic mass is 16.5. The number of morpholine rings is 1. The number of carbonyl (C=O) groups is 1. The van der Waals surface area contributed by atoms with E-state index in [1.54, 1.807) is 11.8 Å². The zero-order valence-corrected chi connectivity index (χ0v) is 12.3. The summed E-state index contributed by atoms with van der Waals surface area (Å²) < 4.78 is 10.7. The number of aromatic nitrogens is 2. The van der Waals surface area contributed by atoms with Crippen LogP contribution in [0.4, 0.5) is 4.79 Å². The Balaban J connectivity index is 2.01. The second kappa shape index (κ2) is 6.69. The molecule has 1 saturated heterocycles. The molecule has 0 radical (unpaired) electrons. The van der Waals surface area contributed by atoms with Crippen LogP contribution in [0.25, 0.3) is 0 Å². The summed E-state index contributed by atoms with van der Waals surface area (Å²) in [6.45, 7) is 8.33. The van der Waals surface area contributed by atoms with Gasteiger partial charge in [-0.1, -0.05) is 13.8 Å². The van der Waals surface area contributed by atoms with E-state index in [1.165, 1.54) is 0 Å². The fourth-order valence-electron chi connectivity index (χ4n) is 2.15. The lowest BCUT2D eigenvalue weighted by atomic mass is 10.0. The Kier molecular flexibility index (Phi) is 4.94. The molecule has 1 aliphatic rings. The molecule has 1 fully saturated rings. The molecule has 7 nitrogen and oxygen atoms in total. The van der Waals surface area contributed by atoms with Gasteiger partial charge in [-0.15, -0.1) is 10.2 Å². The maximum atomic E-state index is 12.2. The number of hydrogen-bond acceptors (Lipinski definition) is 5. The third kappa shape index (κ3) is 3.93. The minimum atomic E-state index is -0.244. The molecule has 0 bridgehead atoms. The Labute approximate surface area is 118 Å². The largest absolute Gasteiger partial charge is 0.423 e. The first-order chi connectivity index (χ1) is 9.56. The quantitative estimate of drug-likeness (QED) is 0.905. The van der Waals surface area contributed by atoms with Crippen LogP contribution in [-0.4, -0.2) is 47.4 Å². The monoisotopic (exact) mass is 282 g/mol. The highest BCUT2D eigenvalue weighted by molar-refractivity contribution is 5.74. The van der Waals surface area contributed by atoms with E-state index < -0.39 is 0 Å². The number of hydrogen-bond donors (Lipinski definition) is 1. The molecule has 0 aromatic carbocycles. The molecule has 1 aliphatic heterocycles. The van der Waals surface area contributed by atoms with Crippen LogP contribution in [0.1, 0.15) is 38.1 Å². The number of nitrogens with one attached hydrogen (secondary N) is 1. The van der Waals surface area contributed by atoms with Crippen molar-refractivity contribution in [2.24, 2.45) is 5.92 Å². The highest BCUT2D eigenvalue weighted by Crippen LogP contribution is 2.20. The fraction of sp³-hybridized carbons (Fsp3) is 0.769. The summed E-state index contributed by atoms with van der Waals surface area (Å²) in [5.41, 5.74) is 0. The van der Waals surface area contributed by atoms with Crippen LogP contribution in [0.3, 0.4) is 0 Å². The lowest BCUT2D eigenvalue weighted by Crippen LogP contribution is -2.47. The zero-order chi connectivity index (χ0) is 14.5. The smallest absolute Gasteiger partial charge is 0.318 e. The van der Waals surface area contributed by atoms with Crippen molar-refractivity contribution in [3.8, 4) is 0 Å². The van der Waals surface area contributed by atoms with Crippen LogP contribution < -0.4 is 5.32 Å². The maximum absolute atomic E-state index is 12.2. The Morgan fingerprint density at radius 1 is 1.35 bits per heavy atom. The number of rotatable bonds is 4. The molecular formula is C13H22N4O3. The predicted molar refractivity (Wildman–Crippen MR) is 72.2 cm³/mol. The van der Waals surface area contributed by atoms with Crippen molar-refractivity contribution in [1.29, 1.82) is 0 Å². The third-order valence-corrected chi connectivity index (χ3v) is 3.14. The van der Waals surface area contributed by atoms with Gasteiger partial charge in [-0.05, 0) is 12.3 Å².